The van der Waals surface area contributed by atoms with Crippen LogP contribution in [-0.4, -0.2) is 44.2 Å². The van der Waals surface area contributed by atoms with Gasteiger partial charge in [0.15, 0.2) is 17.6 Å². The molecule has 1 aromatic heterocycles. The smallest absolute Gasteiger partial charge is 0.339 e. The van der Waals surface area contributed by atoms with Crippen molar-refractivity contribution < 1.29 is 28.5 Å². The number of ketones is 1. The Kier molecular flexibility index (Phi) is 5.54. The van der Waals surface area contributed by atoms with E-state index < -0.39 is 12.1 Å². The largest absolute Gasteiger partial charge is 0.493 e. The highest BCUT2D eigenvalue weighted by Crippen LogP contribution is 2.38. The summed E-state index contributed by atoms with van der Waals surface area (Å²) in [6, 6.07) is 10.4. The van der Waals surface area contributed by atoms with Crippen molar-refractivity contribution in [3.8, 4) is 17.2 Å². The van der Waals surface area contributed by atoms with Crippen LogP contribution in [0.25, 0.3) is 10.9 Å². The van der Waals surface area contributed by atoms with Gasteiger partial charge in [-0.3, -0.25) is 4.79 Å². The lowest BCUT2D eigenvalue weighted by molar-refractivity contribution is 0.0318. The van der Waals surface area contributed by atoms with Crippen molar-refractivity contribution in [3.05, 3.63) is 53.7 Å². The minimum atomic E-state index is -0.967. The number of para-hydroxylation sites is 1. The number of aromatic nitrogens is 1. The number of carbonyl (C=O) groups excluding carboxylic acids is 2. The number of hydrogen-bond acceptors (Lipinski definition) is 6. The van der Waals surface area contributed by atoms with Crippen LogP contribution in [0.1, 0.15) is 27.6 Å². The second kappa shape index (κ2) is 8.04. The fourth-order valence-corrected chi connectivity index (χ4v) is 2.98. The number of methoxy groups -OCH3 is 3. The van der Waals surface area contributed by atoms with Crippen LogP contribution in [0.5, 0.6) is 17.2 Å². The van der Waals surface area contributed by atoms with E-state index in [1.807, 2.05) is 24.3 Å². The van der Waals surface area contributed by atoms with E-state index in [2.05, 4.69) is 4.98 Å². The van der Waals surface area contributed by atoms with Gasteiger partial charge in [0.25, 0.3) is 0 Å². The van der Waals surface area contributed by atoms with Gasteiger partial charge in [0.2, 0.25) is 11.5 Å². The number of rotatable bonds is 7. The summed E-state index contributed by atoms with van der Waals surface area (Å²) in [5, 5.41) is 0.781. The lowest BCUT2D eigenvalue weighted by atomic mass is 10.1. The van der Waals surface area contributed by atoms with Crippen molar-refractivity contribution in [2.45, 2.75) is 13.0 Å². The Labute approximate surface area is 162 Å². The number of esters is 1. The monoisotopic (exact) mass is 383 g/mol. The van der Waals surface area contributed by atoms with Crippen LogP contribution in [0.4, 0.5) is 0 Å². The molecule has 0 radical (unpaired) electrons. The van der Waals surface area contributed by atoms with E-state index in [0.29, 0.717) is 22.8 Å². The SMILES string of the molecule is COc1cc(C(=O)O[C@H](C)C(=O)c2c[nH]c3ccccc23)cc(OC)c1OC. The van der Waals surface area contributed by atoms with Crippen LogP contribution in [0, 0.1) is 0 Å². The predicted molar refractivity (Wildman–Crippen MR) is 104 cm³/mol. The number of aromatic amines is 1. The molecule has 28 heavy (non-hydrogen) atoms. The Bertz CT molecular complexity index is 998. The summed E-state index contributed by atoms with van der Waals surface area (Å²) in [5.41, 5.74) is 1.50. The average molecular weight is 383 g/mol. The first-order valence-corrected chi connectivity index (χ1v) is 8.61. The Balaban J connectivity index is 1.83. The van der Waals surface area contributed by atoms with Gasteiger partial charge in [-0.1, -0.05) is 18.2 Å². The molecule has 3 rings (SSSR count). The molecule has 0 aliphatic carbocycles. The first-order chi connectivity index (χ1) is 13.5. The van der Waals surface area contributed by atoms with E-state index in [4.69, 9.17) is 18.9 Å². The Hall–Kier alpha value is -3.48. The molecular weight excluding hydrogens is 362 g/mol. The van der Waals surface area contributed by atoms with Crippen LogP contribution in [0.2, 0.25) is 0 Å². The van der Waals surface area contributed by atoms with Crippen molar-refractivity contribution in [1.29, 1.82) is 0 Å². The zero-order valence-corrected chi connectivity index (χ0v) is 16.1. The molecule has 3 aromatic rings. The molecule has 1 N–H and O–H groups in total. The summed E-state index contributed by atoms with van der Waals surface area (Å²) in [7, 11) is 4.38. The summed E-state index contributed by atoms with van der Waals surface area (Å²) in [6.07, 6.45) is 0.655. The molecule has 0 bridgehead atoms. The van der Waals surface area contributed by atoms with Crippen molar-refractivity contribution in [1.82, 2.24) is 4.98 Å². The van der Waals surface area contributed by atoms with E-state index in [-0.39, 0.29) is 11.3 Å². The third-order valence-corrected chi connectivity index (χ3v) is 4.41. The highest BCUT2D eigenvalue weighted by Gasteiger charge is 2.24. The van der Waals surface area contributed by atoms with Gasteiger partial charge in [0, 0.05) is 22.7 Å². The van der Waals surface area contributed by atoms with Gasteiger partial charge in [0.05, 0.1) is 26.9 Å². The zero-order valence-electron chi connectivity index (χ0n) is 16.1. The van der Waals surface area contributed by atoms with Gasteiger partial charge in [-0.25, -0.2) is 4.79 Å². The van der Waals surface area contributed by atoms with E-state index in [1.54, 1.807) is 13.1 Å². The molecular formula is C21H21NO6. The maximum absolute atomic E-state index is 12.8. The highest BCUT2D eigenvalue weighted by atomic mass is 16.5. The van der Waals surface area contributed by atoms with E-state index in [9.17, 15) is 9.59 Å². The number of hydrogen-bond donors (Lipinski definition) is 1. The molecule has 0 aliphatic rings. The highest BCUT2D eigenvalue weighted by molar-refractivity contribution is 6.10. The summed E-state index contributed by atoms with van der Waals surface area (Å²) in [6.45, 7) is 1.54. The number of ether oxygens (including phenoxy) is 4. The van der Waals surface area contributed by atoms with Gasteiger partial charge < -0.3 is 23.9 Å². The minimum Gasteiger partial charge on any atom is -0.493 e. The fraction of sp³-hybridized carbons (Fsp3) is 0.238. The average Bonchev–Trinajstić information content (AvgIpc) is 3.15. The molecule has 7 heteroatoms. The van der Waals surface area contributed by atoms with Crippen LogP contribution in [0.3, 0.4) is 0 Å². The lowest BCUT2D eigenvalue weighted by Crippen LogP contribution is -2.24. The van der Waals surface area contributed by atoms with Crippen molar-refractivity contribution in [2.24, 2.45) is 0 Å². The molecule has 0 saturated heterocycles. The van der Waals surface area contributed by atoms with Crippen LogP contribution in [-0.2, 0) is 4.74 Å². The maximum Gasteiger partial charge on any atom is 0.339 e. The van der Waals surface area contributed by atoms with Gasteiger partial charge in [0.1, 0.15) is 0 Å². The topological polar surface area (TPSA) is 86.9 Å². The molecule has 1 atom stereocenters. The molecule has 0 aliphatic heterocycles. The van der Waals surface area contributed by atoms with Gasteiger partial charge in [-0.15, -0.1) is 0 Å². The van der Waals surface area contributed by atoms with Crippen LogP contribution in [0.15, 0.2) is 42.6 Å². The molecule has 0 spiro atoms. The molecule has 0 saturated carbocycles. The van der Waals surface area contributed by atoms with Gasteiger partial charge >= 0.3 is 5.97 Å². The third-order valence-electron chi connectivity index (χ3n) is 4.41. The number of fused-ring (bicyclic) bond motifs is 1. The number of nitrogens with one attached hydrogen (secondary N) is 1. The second-order valence-electron chi connectivity index (χ2n) is 6.07. The Morgan fingerprint density at radius 1 is 0.964 bits per heavy atom. The molecule has 1 heterocycles. The lowest BCUT2D eigenvalue weighted by Gasteiger charge is -2.15. The third kappa shape index (κ3) is 3.51. The van der Waals surface area contributed by atoms with Gasteiger partial charge in [-0.05, 0) is 25.1 Å². The Morgan fingerprint density at radius 2 is 1.61 bits per heavy atom. The van der Waals surface area contributed by atoms with E-state index in [1.165, 1.54) is 33.5 Å². The maximum atomic E-state index is 12.8. The number of carbonyl (C=O) groups is 2. The standard InChI is InChI=1S/C21H21NO6/c1-12(19(23)15-11-22-16-8-6-5-7-14(15)16)28-21(24)13-9-17(25-2)20(27-4)18(10-13)26-3/h5-12,22H,1-4H3/t12-/m1/s1. The molecule has 2 aromatic carbocycles. The number of benzene rings is 2. The second-order valence-corrected chi connectivity index (χ2v) is 6.07. The van der Waals surface area contributed by atoms with Gasteiger partial charge in [-0.2, -0.15) is 0 Å². The first kappa shape index (κ1) is 19.3. The van der Waals surface area contributed by atoms with E-state index >= 15 is 0 Å². The fourth-order valence-electron chi connectivity index (χ4n) is 2.98. The molecule has 0 amide bonds. The van der Waals surface area contributed by atoms with Crippen molar-refractivity contribution in [3.63, 3.8) is 0 Å². The Morgan fingerprint density at radius 3 is 2.21 bits per heavy atom. The van der Waals surface area contributed by atoms with Crippen LogP contribution < -0.4 is 14.2 Å². The molecule has 0 fully saturated rings. The van der Waals surface area contributed by atoms with Crippen molar-refractivity contribution in [2.75, 3.05) is 21.3 Å². The summed E-state index contributed by atoms with van der Waals surface area (Å²) in [5.74, 6) is 0.0523. The van der Waals surface area contributed by atoms with E-state index in [0.717, 1.165) is 10.9 Å². The first-order valence-electron chi connectivity index (χ1n) is 8.61. The molecule has 0 unspecified atom stereocenters. The summed E-state index contributed by atoms with van der Waals surface area (Å²) < 4.78 is 21.1. The number of H-pyrrole nitrogens is 1. The quantitative estimate of drug-likeness (QED) is 0.495. The predicted octanol–water partition coefficient (Wildman–Crippen LogP) is 3.62. The molecule has 146 valence electrons. The minimum absolute atomic E-state index is 0.188. The molecule has 7 nitrogen and oxygen atoms in total. The normalized spacial score (nSPS) is 11.7. The summed E-state index contributed by atoms with van der Waals surface area (Å²) >= 11 is 0. The zero-order chi connectivity index (χ0) is 20.3. The van der Waals surface area contributed by atoms with Crippen LogP contribution >= 0.6 is 0 Å². The number of Topliss-reactive ketones (excluding diaryl/α,β-unsaturated/α-hetero) is 1. The van der Waals surface area contributed by atoms with Crippen molar-refractivity contribution >= 4 is 22.7 Å². The summed E-state index contributed by atoms with van der Waals surface area (Å²) in [4.78, 5) is 28.4.